The molecule has 45 heavy (non-hydrogen) atoms. The van der Waals surface area contributed by atoms with Crippen molar-refractivity contribution in [3.63, 3.8) is 0 Å². The molecule has 2 amide bonds. The Kier molecular flexibility index (Phi) is 11.3. The summed E-state index contributed by atoms with van der Waals surface area (Å²) in [4.78, 5) is 41.2. The monoisotopic (exact) mass is 660 g/mol. The second-order valence-corrected chi connectivity index (χ2v) is 10.3. The average molecular weight is 661 g/mol. The number of nitrogens with zero attached hydrogens (tertiary/aromatic N) is 3. The quantitative estimate of drug-likeness (QED) is 0.178. The molecule has 1 N–H and O–H groups in total. The lowest BCUT2D eigenvalue weighted by Crippen LogP contribution is -2.45. The van der Waals surface area contributed by atoms with E-state index in [1.165, 1.54) is 42.2 Å². The number of hydrogen-bond acceptors (Lipinski definition) is 4. The minimum atomic E-state index is -4.65. The number of carbonyl (C=O) groups excluding carboxylic acids is 3. The summed E-state index contributed by atoms with van der Waals surface area (Å²) < 4.78 is 55.9. The Hall–Kier alpha value is -4.10. The van der Waals surface area contributed by atoms with Gasteiger partial charge >= 0.3 is 6.18 Å². The molecule has 0 bridgehead atoms. The third kappa shape index (κ3) is 7.25. The molecule has 0 radical (unpaired) electrons. The van der Waals surface area contributed by atoms with Crippen LogP contribution in [0.3, 0.4) is 0 Å². The Bertz CT molecular complexity index is 1680. The summed E-state index contributed by atoms with van der Waals surface area (Å²) >= 11 is 0. The molecule has 13 heteroatoms. The van der Waals surface area contributed by atoms with Crippen LogP contribution in [0.4, 0.5) is 23.4 Å². The van der Waals surface area contributed by atoms with Crippen LogP contribution < -0.4 is 10.2 Å². The average Bonchev–Trinajstić information content (AvgIpc) is 3.36. The number of benzene rings is 3. The second kappa shape index (κ2) is 14.3. The Balaban J connectivity index is 0.00000276. The van der Waals surface area contributed by atoms with E-state index < -0.39 is 47.5 Å². The summed E-state index contributed by atoms with van der Waals surface area (Å²) in [5.41, 5.74) is 1.02. The highest BCUT2D eigenvalue weighted by Gasteiger charge is 2.46. The Labute approximate surface area is 271 Å². The van der Waals surface area contributed by atoms with Crippen molar-refractivity contribution >= 4 is 50.4 Å². The highest BCUT2D eigenvalue weighted by Crippen LogP contribution is 2.47. The van der Waals surface area contributed by atoms with Gasteiger partial charge in [0.05, 0.1) is 29.4 Å². The molecule has 2 atom stereocenters. The van der Waals surface area contributed by atoms with Crippen molar-refractivity contribution in [3.05, 3.63) is 113 Å². The number of ketones is 1. The number of anilines is 1. The fourth-order valence-electron chi connectivity index (χ4n) is 5.55. The maximum Gasteiger partial charge on any atom is 0.416 e. The lowest BCUT2D eigenvalue weighted by atomic mass is 9.74. The van der Waals surface area contributed by atoms with Crippen LogP contribution in [0.5, 0.6) is 0 Å². The number of fused-ring (bicyclic) bond motifs is 1. The number of alkyl halides is 3. The number of aromatic nitrogens is 2. The molecule has 1 aliphatic heterocycles. The van der Waals surface area contributed by atoms with Gasteiger partial charge in [0.15, 0.2) is 5.78 Å². The lowest BCUT2D eigenvalue weighted by molar-refractivity contribution is -0.137. The molecule has 0 unspecified atom stereocenters. The predicted molar refractivity (Wildman–Crippen MR) is 172 cm³/mol. The van der Waals surface area contributed by atoms with Crippen LogP contribution in [0.2, 0.25) is 0 Å². The zero-order chi connectivity index (χ0) is 30.9. The highest BCUT2D eigenvalue weighted by atomic mass is 32.1. The van der Waals surface area contributed by atoms with E-state index in [-0.39, 0.29) is 51.6 Å². The molecule has 1 aromatic heterocycles. The SMILES string of the molecule is CCN1C(=O)[C@@H](CC(=O)c2cccc(C(F)(F)F)c2)[C@@H](c2ccc(F)cc2)c2c(CNC(C)=O)nn(-c3ccccc3)c21.S.S. The number of carbonyl (C=O) groups is 3. The van der Waals surface area contributed by atoms with Crippen molar-refractivity contribution < 1.29 is 31.9 Å². The summed E-state index contributed by atoms with van der Waals surface area (Å²) in [5.74, 6) is -3.31. The molecule has 5 rings (SSSR count). The van der Waals surface area contributed by atoms with E-state index in [4.69, 9.17) is 5.10 Å². The van der Waals surface area contributed by atoms with E-state index in [0.29, 0.717) is 28.3 Å². The Morgan fingerprint density at radius 2 is 1.62 bits per heavy atom. The van der Waals surface area contributed by atoms with Crippen LogP contribution in [0.1, 0.15) is 58.9 Å². The standard InChI is InChI=1S/C32H28F4N4O3.2H2S/c1-3-39-30-29(26(18-37-19(2)41)38-40(30)24-10-5-4-6-11-24)28(20-12-14-23(33)15-13-20)25(31(39)43)17-27(42)21-8-7-9-22(16-21)32(34,35)36;;/h4-16,25,28H,3,17-18H2,1-2H3,(H,37,41);2*1H2/t25-,28+;;/m0../s1. The molecular formula is C32H32F4N4O3S2. The van der Waals surface area contributed by atoms with Gasteiger partial charge in [0.25, 0.3) is 0 Å². The van der Waals surface area contributed by atoms with Crippen LogP contribution in [0, 0.1) is 11.7 Å². The van der Waals surface area contributed by atoms with Gasteiger partial charge in [-0.25, -0.2) is 9.07 Å². The van der Waals surface area contributed by atoms with E-state index in [9.17, 15) is 31.9 Å². The molecule has 0 spiro atoms. The smallest absolute Gasteiger partial charge is 0.351 e. The van der Waals surface area contributed by atoms with Crippen LogP contribution in [-0.2, 0) is 22.3 Å². The Morgan fingerprint density at radius 1 is 0.956 bits per heavy atom. The second-order valence-electron chi connectivity index (χ2n) is 10.3. The first-order valence-electron chi connectivity index (χ1n) is 13.7. The molecule has 0 saturated heterocycles. The van der Waals surface area contributed by atoms with Gasteiger partial charge in [0.2, 0.25) is 11.8 Å². The van der Waals surface area contributed by atoms with Gasteiger partial charge < -0.3 is 5.32 Å². The van der Waals surface area contributed by atoms with Gasteiger partial charge in [0.1, 0.15) is 11.6 Å². The normalized spacial score (nSPS) is 15.9. The van der Waals surface area contributed by atoms with Crippen LogP contribution in [0.25, 0.3) is 5.69 Å². The predicted octanol–water partition coefficient (Wildman–Crippen LogP) is 6.28. The van der Waals surface area contributed by atoms with Crippen molar-refractivity contribution in [2.45, 2.75) is 38.9 Å². The fraction of sp³-hybridized carbons (Fsp3) is 0.250. The summed E-state index contributed by atoms with van der Waals surface area (Å²) in [5, 5.41) is 7.55. The summed E-state index contributed by atoms with van der Waals surface area (Å²) in [7, 11) is 0. The van der Waals surface area contributed by atoms with Gasteiger partial charge in [-0.05, 0) is 48.9 Å². The van der Waals surface area contributed by atoms with Crippen LogP contribution in [0.15, 0.2) is 78.9 Å². The lowest BCUT2D eigenvalue weighted by Gasteiger charge is -2.38. The van der Waals surface area contributed by atoms with E-state index in [1.807, 2.05) is 30.3 Å². The largest absolute Gasteiger partial charge is 0.416 e. The maximum atomic E-state index is 14.2. The van der Waals surface area contributed by atoms with Crippen molar-refractivity contribution in [1.82, 2.24) is 15.1 Å². The van der Waals surface area contributed by atoms with Crippen LogP contribution >= 0.6 is 27.0 Å². The zero-order valence-corrected chi connectivity index (χ0v) is 26.4. The highest BCUT2D eigenvalue weighted by molar-refractivity contribution is 7.59. The van der Waals surface area contributed by atoms with Gasteiger partial charge in [0, 0.05) is 36.9 Å². The molecule has 238 valence electrons. The van der Waals surface area contributed by atoms with Crippen molar-refractivity contribution in [2.75, 3.05) is 11.4 Å². The van der Waals surface area contributed by atoms with Crippen molar-refractivity contribution in [3.8, 4) is 5.69 Å². The number of nitrogens with one attached hydrogen (secondary N) is 1. The molecular weight excluding hydrogens is 629 g/mol. The Morgan fingerprint density at radius 3 is 2.22 bits per heavy atom. The van der Waals surface area contributed by atoms with Gasteiger partial charge in [-0.2, -0.15) is 45.3 Å². The molecule has 2 heterocycles. The van der Waals surface area contributed by atoms with E-state index >= 15 is 0 Å². The fourth-order valence-corrected chi connectivity index (χ4v) is 5.55. The maximum absolute atomic E-state index is 14.2. The van der Waals surface area contributed by atoms with Crippen molar-refractivity contribution in [2.24, 2.45) is 5.92 Å². The summed E-state index contributed by atoms with van der Waals surface area (Å²) in [6, 6.07) is 18.7. The number of halogens is 4. The van der Waals surface area contributed by atoms with Gasteiger partial charge in [-0.1, -0.05) is 42.5 Å². The number of amides is 2. The number of para-hydroxylation sites is 1. The number of hydrogen-bond donors (Lipinski definition) is 1. The van der Waals surface area contributed by atoms with Crippen LogP contribution in [-0.4, -0.2) is 33.9 Å². The first kappa shape index (κ1) is 35.4. The zero-order valence-electron chi connectivity index (χ0n) is 24.4. The molecule has 3 aromatic carbocycles. The summed E-state index contributed by atoms with van der Waals surface area (Å²) in [6.07, 6.45) is -5.06. The molecule has 4 aromatic rings. The minimum absolute atomic E-state index is 0. The molecule has 0 aliphatic carbocycles. The third-order valence-corrected chi connectivity index (χ3v) is 7.49. The van der Waals surface area contributed by atoms with Gasteiger partial charge in [-0.3, -0.25) is 19.3 Å². The third-order valence-electron chi connectivity index (χ3n) is 7.49. The number of rotatable bonds is 8. The topological polar surface area (TPSA) is 84.3 Å². The molecule has 7 nitrogen and oxygen atoms in total. The first-order valence-corrected chi connectivity index (χ1v) is 13.7. The number of Topliss-reactive ketones (excluding diaryl/α,β-unsaturated/α-hetero) is 1. The first-order chi connectivity index (χ1) is 20.5. The minimum Gasteiger partial charge on any atom is -0.351 e. The van der Waals surface area contributed by atoms with E-state index in [0.717, 1.165) is 18.2 Å². The molecule has 0 saturated carbocycles. The van der Waals surface area contributed by atoms with E-state index in [1.54, 1.807) is 11.6 Å². The molecule has 1 aliphatic rings. The molecule has 0 fully saturated rings. The van der Waals surface area contributed by atoms with E-state index in [2.05, 4.69) is 5.32 Å². The van der Waals surface area contributed by atoms with Gasteiger partial charge in [-0.15, -0.1) is 0 Å². The van der Waals surface area contributed by atoms with Crippen molar-refractivity contribution in [1.29, 1.82) is 0 Å². The summed E-state index contributed by atoms with van der Waals surface area (Å²) in [6.45, 7) is 3.33.